The van der Waals surface area contributed by atoms with Crippen molar-refractivity contribution in [2.75, 3.05) is 17.2 Å². The largest absolute Gasteiger partial charge is 0.399 e. The van der Waals surface area contributed by atoms with Crippen molar-refractivity contribution in [1.82, 2.24) is 9.55 Å². The third kappa shape index (κ3) is 3.42. The van der Waals surface area contributed by atoms with Crippen LogP contribution in [0.5, 0.6) is 0 Å². The predicted octanol–water partition coefficient (Wildman–Crippen LogP) is 2.43. The Balaban J connectivity index is 2.34. The van der Waals surface area contributed by atoms with Gasteiger partial charge in [0.05, 0.1) is 0 Å². The van der Waals surface area contributed by atoms with Gasteiger partial charge >= 0.3 is 0 Å². The van der Waals surface area contributed by atoms with Gasteiger partial charge in [-0.2, -0.15) is 0 Å². The molecule has 0 unspecified atom stereocenters. The zero-order valence-corrected chi connectivity index (χ0v) is 12.8. The van der Waals surface area contributed by atoms with Crippen molar-refractivity contribution in [3.8, 4) is 0 Å². The summed E-state index contributed by atoms with van der Waals surface area (Å²) in [6.45, 7) is 7.31. The molecule has 5 nitrogen and oxygen atoms in total. The summed E-state index contributed by atoms with van der Waals surface area (Å²) in [4.78, 5) is 18.7. The van der Waals surface area contributed by atoms with Gasteiger partial charge in [0.2, 0.25) is 0 Å². The van der Waals surface area contributed by atoms with Gasteiger partial charge in [0.1, 0.15) is 0 Å². The normalized spacial score (nSPS) is 10.9. The fourth-order valence-corrected chi connectivity index (χ4v) is 2.29. The molecule has 2 rings (SSSR count). The highest BCUT2D eigenvalue weighted by molar-refractivity contribution is 5.43. The van der Waals surface area contributed by atoms with E-state index in [9.17, 15) is 4.79 Å². The first-order valence-corrected chi connectivity index (χ1v) is 7.19. The Morgan fingerprint density at radius 1 is 1.38 bits per heavy atom. The number of benzene rings is 1. The first-order valence-electron chi connectivity index (χ1n) is 7.19. The maximum Gasteiger partial charge on any atom is 0.293 e. The Kier molecular flexibility index (Phi) is 4.62. The second kappa shape index (κ2) is 6.43. The highest BCUT2D eigenvalue weighted by Gasteiger charge is 2.14. The van der Waals surface area contributed by atoms with Crippen molar-refractivity contribution in [1.29, 1.82) is 0 Å². The number of nitrogens with two attached hydrogens (primary N) is 1. The number of aromatic nitrogens is 2. The average Bonchev–Trinajstić information content (AvgIpc) is 2.45. The van der Waals surface area contributed by atoms with E-state index in [2.05, 4.69) is 4.98 Å². The van der Waals surface area contributed by atoms with Gasteiger partial charge in [0.15, 0.2) is 5.82 Å². The van der Waals surface area contributed by atoms with Gasteiger partial charge in [0.25, 0.3) is 5.56 Å². The van der Waals surface area contributed by atoms with Crippen LogP contribution in [0, 0.1) is 0 Å². The lowest BCUT2D eigenvalue weighted by Gasteiger charge is -2.22. The molecule has 0 bridgehead atoms. The molecule has 1 aromatic heterocycles. The maximum absolute atomic E-state index is 12.5. The number of rotatable bonds is 5. The Hall–Kier alpha value is -2.30. The van der Waals surface area contributed by atoms with E-state index in [1.807, 2.05) is 49.9 Å². The van der Waals surface area contributed by atoms with E-state index in [1.54, 1.807) is 17.0 Å². The average molecular weight is 286 g/mol. The molecule has 0 radical (unpaired) electrons. The number of nitrogen functional groups attached to an aromatic ring is 1. The molecule has 0 atom stereocenters. The lowest BCUT2D eigenvalue weighted by molar-refractivity contribution is 0.571. The molecule has 0 saturated heterocycles. The van der Waals surface area contributed by atoms with E-state index in [-0.39, 0.29) is 11.6 Å². The standard InChI is InChI=1S/C16H22N4O/c1-4-19(11-13-6-5-7-14(17)10-13)15-16(21)20(12(2)3)9-8-18-15/h5-10,12H,4,11,17H2,1-3H3. The van der Waals surface area contributed by atoms with Crippen LogP contribution in [0.2, 0.25) is 0 Å². The van der Waals surface area contributed by atoms with Crippen LogP contribution in [0.25, 0.3) is 0 Å². The molecule has 0 saturated carbocycles. The Labute approximate surface area is 125 Å². The van der Waals surface area contributed by atoms with E-state index in [4.69, 9.17) is 5.73 Å². The molecule has 2 N–H and O–H groups in total. The summed E-state index contributed by atoms with van der Waals surface area (Å²) in [5.74, 6) is 0.483. The summed E-state index contributed by atoms with van der Waals surface area (Å²) in [6.07, 6.45) is 3.41. The van der Waals surface area contributed by atoms with Crippen LogP contribution >= 0.6 is 0 Å². The number of hydrogen-bond donors (Lipinski definition) is 1. The van der Waals surface area contributed by atoms with Crippen LogP contribution in [0.1, 0.15) is 32.4 Å². The molecular weight excluding hydrogens is 264 g/mol. The van der Waals surface area contributed by atoms with Crippen LogP contribution in [0.3, 0.4) is 0 Å². The zero-order valence-electron chi connectivity index (χ0n) is 12.8. The van der Waals surface area contributed by atoms with E-state index < -0.39 is 0 Å². The van der Waals surface area contributed by atoms with E-state index in [0.29, 0.717) is 18.9 Å². The molecule has 1 heterocycles. The number of nitrogens with zero attached hydrogens (tertiary/aromatic N) is 3. The lowest BCUT2D eigenvalue weighted by Crippen LogP contribution is -2.33. The highest BCUT2D eigenvalue weighted by Crippen LogP contribution is 2.13. The minimum absolute atomic E-state index is 0.0572. The first-order chi connectivity index (χ1) is 10.0. The van der Waals surface area contributed by atoms with Gasteiger partial charge in [-0.05, 0) is 38.5 Å². The Bertz CT molecular complexity index is 663. The molecule has 0 amide bonds. The summed E-state index contributed by atoms with van der Waals surface area (Å²) in [7, 11) is 0. The fourth-order valence-electron chi connectivity index (χ4n) is 2.29. The van der Waals surface area contributed by atoms with Crippen LogP contribution in [-0.2, 0) is 6.54 Å². The monoisotopic (exact) mass is 286 g/mol. The number of anilines is 2. The molecular formula is C16H22N4O. The molecule has 5 heteroatoms. The summed E-state index contributed by atoms with van der Waals surface area (Å²) in [6, 6.07) is 7.82. The molecule has 21 heavy (non-hydrogen) atoms. The van der Waals surface area contributed by atoms with E-state index >= 15 is 0 Å². The van der Waals surface area contributed by atoms with Crippen LogP contribution in [-0.4, -0.2) is 16.1 Å². The SMILES string of the molecule is CCN(Cc1cccc(N)c1)c1nccn(C(C)C)c1=O. The van der Waals surface area contributed by atoms with Crippen molar-refractivity contribution in [3.05, 3.63) is 52.6 Å². The summed E-state index contributed by atoms with van der Waals surface area (Å²) >= 11 is 0. The first kappa shape index (κ1) is 15.1. The predicted molar refractivity (Wildman–Crippen MR) is 86.5 cm³/mol. The summed E-state index contributed by atoms with van der Waals surface area (Å²) < 4.78 is 1.70. The van der Waals surface area contributed by atoms with Crippen molar-refractivity contribution < 1.29 is 0 Å². The Morgan fingerprint density at radius 2 is 2.14 bits per heavy atom. The highest BCUT2D eigenvalue weighted by atomic mass is 16.1. The maximum atomic E-state index is 12.5. The molecule has 2 aromatic rings. The third-order valence-corrected chi connectivity index (χ3v) is 3.41. The molecule has 0 fully saturated rings. The summed E-state index contributed by atoms with van der Waals surface area (Å²) in [5.41, 5.74) is 7.54. The third-order valence-electron chi connectivity index (χ3n) is 3.41. The Morgan fingerprint density at radius 3 is 2.76 bits per heavy atom. The van der Waals surface area contributed by atoms with Crippen molar-refractivity contribution in [2.24, 2.45) is 0 Å². The molecule has 1 aromatic carbocycles. The lowest BCUT2D eigenvalue weighted by atomic mass is 10.2. The molecule has 112 valence electrons. The molecule has 0 spiro atoms. The van der Waals surface area contributed by atoms with Crippen molar-refractivity contribution in [2.45, 2.75) is 33.4 Å². The van der Waals surface area contributed by atoms with Crippen LogP contribution in [0.4, 0.5) is 11.5 Å². The van der Waals surface area contributed by atoms with Crippen LogP contribution < -0.4 is 16.2 Å². The zero-order chi connectivity index (χ0) is 15.4. The van der Waals surface area contributed by atoms with Gasteiger partial charge < -0.3 is 15.2 Å². The second-order valence-electron chi connectivity index (χ2n) is 5.32. The smallest absolute Gasteiger partial charge is 0.293 e. The quantitative estimate of drug-likeness (QED) is 0.857. The fraction of sp³-hybridized carbons (Fsp3) is 0.375. The van der Waals surface area contributed by atoms with E-state index in [1.165, 1.54) is 0 Å². The van der Waals surface area contributed by atoms with Crippen molar-refractivity contribution >= 4 is 11.5 Å². The van der Waals surface area contributed by atoms with Crippen molar-refractivity contribution in [3.63, 3.8) is 0 Å². The molecule has 0 aliphatic heterocycles. The minimum Gasteiger partial charge on any atom is -0.399 e. The van der Waals surface area contributed by atoms with Gasteiger partial charge in [-0.1, -0.05) is 12.1 Å². The molecule has 0 aliphatic carbocycles. The van der Waals surface area contributed by atoms with Gasteiger partial charge in [0, 0.05) is 37.2 Å². The van der Waals surface area contributed by atoms with Gasteiger partial charge in [-0.25, -0.2) is 4.98 Å². The van der Waals surface area contributed by atoms with E-state index in [0.717, 1.165) is 11.3 Å². The van der Waals surface area contributed by atoms with Crippen LogP contribution in [0.15, 0.2) is 41.5 Å². The van der Waals surface area contributed by atoms with Gasteiger partial charge in [-0.15, -0.1) is 0 Å². The second-order valence-corrected chi connectivity index (χ2v) is 5.32. The molecule has 0 aliphatic rings. The summed E-state index contributed by atoms with van der Waals surface area (Å²) in [5, 5.41) is 0. The topological polar surface area (TPSA) is 64.2 Å². The minimum atomic E-state index is -0.0572. The van der Waals surface area contributed by atoms with Gasteiger partial charge in [-0.3, -0.25) is 4.79 Å². The number of hydrogen-bond acceptors (Lipinski definition) is 4.